The van der Waals surface area contributed by atoms with Crippen molar-refractivity contribution < 1.29 is 9.84 Å². The highest BCUT2D eigenvalue weighted by Gasteiger charge is 2.16. The molecule has 0 bridgehead atoms. The number of phenolic OH excluding ortho intramolecular Hbond substituents is 1. The van der Waals surface area contributed by atoms with Crippen LogP contribution in [0, 0.1) is 0 Å². The number of hydrogen-bond acceptors (Lipinski definition) is 2. The second kappa shape index (κ2) is 9.24. The standard InChI is InChI=1S/C36H26O2/c37-35-18-9-19-36(38-23-34-30-16-7-3-12-26(30)21-27-13-4-8-17-31(27)34)33(35)22-32-28-14-5-1-10-24(28)20-25-11-2-6-15-29(25)32/h1-21,37H,22-23H2. The Morgan fingerprint density at radius 3 is 1.39 bits per heavy atom. The van der Waals surface area contributed by atoms with Gasteiger partial charge in [-0.2, -0.15) is 0 Å². The molecule has 0 atom stereocenters. The molecule has 0 aliphatic rings. The van der Waals surface area contributed by atoms with Gasteiger partial charge in [-0.15, -0.1) is 0 Å². The number of ether oxygens (including phenoxy) is 1. The first-order chi connectivity index (χ1) is 18.8. The van der Waals surface area contributed by atoms with Gasteiger partial charge in [-0.3, -0.25) is 0 Å². The van der Waals surface area contributed by atoms with Crippen molar-refractivity contribution >= 4 is 43.1 Å². The Labute approximate surface area is 221 Å². The molecule has 0 spiro atoms. The highest BCUT2D eigenvalue weighted by Crippen LogP contribution is 2.37. The van der Waals surface area contributed by atoms with Crippen molar-refractivity contribution in [3.8, 4) is 11.5 Å². The Morgan fingerprint density at radius 1 is 0.447 bits per heavy atom. The van der Waals surface area contributed by atoms with Gasteiger partial charge in [-0.05, 0) is 72.9 Å². The van der Waals surface area contributed by atoms with Crippen LogP contribution in [0.3, 0.4) is 0 Å². The number of phenols is 1. The minimum absolute atomic E-state index is 0.252. The first-order valence-electron chi connectivity index (χ1n) is 13.0. The number of fused-ring (bicyclic) bond motifs is 4. The Bertz CT molecular complexity index is 1860. The predicted octanol–water partition coefficient (Wildman–Crippen LogP) is 9.17. The SMILES string of the molecule is Oc1cccc(OCc2c3ccccc3cc3ccccc23)c1Cc1c2ccccc2cc2ccccc12. The molecule has 0 aliphatic heterocycles. The molecule has 2 heteroatoms. The van der Waals surface area contributed by atoms with Gasteiger partial charge in [0.05, 0.1) is 0 Å². The summed E-state index contributed by atoms with van der Waals surface area (Å²) in [6.07, 6.45) is 0.570. The van der Waals surface area contributed by atoms with E-state index in [1.54, 1.807) is 6.07 Å². The molecule has 0 unspecified atom stereocenters. The Hall–Kier alpha value is -4.82. The largest absolute Gasteiger partial charge is 0.508 e. The van der Waals surface area contributed by atoms with Crippen LogP contribution in [0.2, 0.25) is 0 Å². The van der Waals surface area contributed by atoms with Crippen LogP contribution in [-0.4, -0.2) is 5.11 Å². The van der Waals surface area contributed by atoms with Gasteiger partial charge in [0.1, 0.15) is 18.1 Å². The summed E-state index contributed by atoms with van der Waals surface area (Å²) >= 11 is 0. The average Bonchev–Trinajstić information content (AvgIpc) is 2.96. The van der Waals surface area contributed by atoms with Gasteiger partial charge in [0.25, 0.3) is 0 Å². The van der Waals surface area contributed by atoms with Crippen molar-refractivity contribution in [2.45, 2.75) is 13.0 Å². The van der Waals surface area contributed by atoms with Crippen LogP contribution in [0.15, 0.2) is 127 Å². The van der Waals surface area contributed by atoms with Crippen LogP contribution in [-0.2, 0) is 13.0 Å². The fourth-order valence-corrected chi connectivity index (χ4v) is 5.76. The van der Waals surface area contributed by atoms with Crippen molar-refractivity contribution in [1.82, 2.24) is 0 Å². The zero-order valence-electron chi connectivity index (χ0n) is 20.9. The van der Waals surface area contributed by atoms with E-state index in [1.807, 2.05) is 12.1 Å². The topological polar surface area (TPSA) is 29.5 Å². The Balaban J connectivity index is 1.33. The molecule has 2 nitrogen and oxygen atoms in total. The van der Waals surface area contributed by atoms with E-state index in [4.69, 9.17) is 4.74 Å². The van der Waals surface area contributed by atoms with Crippen molar-refractivity contribution in [2.75, 3.05) is 0 Å². The van der Waals surface area contributed by atoms with E-state index in [0.29, 0.717) is 18.8 Å². The molecular weight excluding hydrogens is 464 g/mol. The highest BCUT2D eigenvalue weighted by atomic mass is 16.5. The van der Waals surface area contributed by atoms with Crippen molar-refractivity contribution in [3.63, 3.8) is 0 Å². The molecular formula is C36H26O2. The summed E-state index contributed by atoms with van der Waals surface area (Å²) in [4.78, 5) is 0. The van der Waals surface area contributed by atoms with Gasteiger partial charge < -0.3 is 9.84 Å². The smallest absolute Gasteiger partial charge is 0.127 e. The highest BCUT2D eigenvalue weighted by molar-refractivity contribution is 6.03. The number of aromatic hydroxyl groups is 1. The lowest BCUT2D eigenvalue weighted by atomic mass is 9.92. The summed E-state index contributed by atoms with van der Waals surface area (Å²) < 4.78 is 6.56. The minimum Gasteiger partial charge on any atom is -0.508 e. The molecule has 0 radical (unpaired) electrons. The first-order valence-corrected chi connectivity index (χ1v) is 13.0. The van der Waals surface area contributed by atoms with Crippen LogP contribution >= 0.6 is 0 Å². The molecule has 38 heavy (non-hydrogen) atoms. The molecule has 0 fully saturated rings. The van der Waals surface area contributed by atoms with E-state index < -0.39 is 0 Å². The summed E-state index contributed by atoms with van der Waals surface area (Å²) in [6.45, 7) is 0.411. The van der Waals surface area contributed by atoms with Gasteiger partial charge in [0.2, 0.25) is 0 Å². The summed E-state index contributed by atoms with van der Waals surface area (Å²) in [7, 11) is 0. The third-order valence-electron chi connectivity index (χ3n) is 7.60. The summed E-state index contributed by atoms with van der Waals surface area (Å²) in [5, 5.41) is 20.6. The average molecular weight is 491 g/mol. The maximum atomic E-state index is 11.1. The zero-order chi connectivity index (χ0) is 25.5. The van der Waals surface area contributed by atoms with E-state index in [9.17, 15) is 5.11 Å². The van der Waals surface area contributed by atoms with Crippen molar-refractivity contribution in [2.24, 2.45) is 0 Å². The molecule has 0 saturated carbocycles. The minimum atomic E-state index is 0.252. The van der Waals surface area contributed by atoms with Gasteiger partial charge in [-0.1, -0.05) is 103 Å². The number of benzene rings is 7. The van der Waals surface area contributed by atoms with Crippen LogP contribution in [0.25, 0.3) is 43.1 Å². The second-order valence-electron chi connectivity index (χ2n) is 9.81. The Morgan fingerprint density at radius 2 is 0.895 bits per heavy atom. The van der Waals surface area contributed by atoms with Crippen LogP contribution < -0.4 is 4.74 Å². The van der Waals surface area contributed by atoms with Crippen molar-refractivity contribution in [1.29, 1.82) is 0 Å². The van der Waals surface area contributed by atoms with Crippen LogP contribution in [0.1, 0.15) is 16.7 Å². The van der Waals surface area contributed by atoms with Gasteiger partial charge in [0.15, 0.2) is 0 Å². The maximum absolute atomic E-state index is 11.1. The lowest BCUT2D eigenvalue weighted by Gasteiger charge is -2.17. The third kappa shape index (κ3) is 3.82. The van der Waals surface area contributed by atoms with Crippen LogP contribution in [0.5, 0.6) is 11.5 Å². The Kier molecular flexibility index (Phi) is 5.44. The van der Waals surface area contributed by atoms with E-state index in [0.717, 1.165) is 11.1 Å². The number of rotatable bonds is 5. The fraction of sp³-hybridized carbons (Fsp3) is 0.0556. The molecule has 0 heterocycles. The van der Waals surface area contributed by atoms with E-state index in [2.05, 4.69) is 109 Å². The molecule has 0 saturated heterocycles. The van der Waals surface area contributed by atoms with E-state index >= 15 is 0 Å². The van der Waals surface area contributed by atoms with Crippen molar-refractivity contribution in [3.05, 3.63) is 144 Å². The normalized spacial score (nSPS) is 11.5. The van der Waals surface area contributed by atoms with Gasteiger partial charge in [0, 0.05) is 17.5 Å². The monoisotopic (exact) mass is 490 g/mol. The van der Waals surface area contributed by atoms with Gasteiger partial charge >= 0.3 is 0 Å². The molecule has 0 amide bonds. The third-order valence-corrected chi connectivity index (χ3v) is 7.60. The zero-order valence-corrected chi connectivity index (χ0v) is 20.9. The van der Waals surface area contributed by atoms with Crippen LogP contribution in [0.4, 0.5) is 0 Å². The lowest BCUT2D eigenvalue weighted by molar-refractivity contribution is 0.304. The molecule has 0 aromatic heterocycles. The summed E-state index contributed by atoms with van der Waals surface area (Å²) in [6, 6.07) is 43.9. The molecule has 7 rings (SSSR count). The molecule has 7 aromatic rings. The number of hydrogen-bond donors (Lipinski definition) is 1. The van der Waals surface area contributed by atoms with E-state index in [-0.39, 0.29) is 5.75 Å². The molecule has 7 aromatic carbocycles. The quantitative estimate of drug-likeness (QED) is 0.244. The molecule has 0 aliphatic carbocycles. The lowest BCUT2D eigenvalue weighted by Crippen LogP contribution is -2.02. The molecule has 1 N–H and O–H groups in total. The first kappa shape index (κ1) is 22.4. The summed E-state index contributed by atoms with van der Waals surface area (Å²) in [5.41, 5.74) is 3.16. The molecule has 182 valence electrons. The second-order valence-corrected chi connectivity index (χ2v) is 9.81. The predicted molar refractivity (Wildman–Crippen MR) is 158 cm³/mol. The maximum Gasteiger partial charge on any atom is 0.127 e. The van der Waals surface area contributed by atoms with Gasteiger partial charge in [-0.25, -0.2) is 0 Å². The summed E-state index contributed by atoms with van der Waals surface area (Å²) in [5.74, 6) is 0.960. The van der Waals surface area contributed by atoms with E-state index in [1.165, 1.54) is 48.7 Å². The fourth-order valence-electron chi connectivity index (χ4n) is 5.76.